The third-order valence-electron chi connectivity index (χ3n) is 16.6. The van der Waals surface area contributed by atoms with Gasteiger partial charge in [0.05, 0.1) is 11.5 Å². The van der Waals surface area contributed by atoms with Crippen molar-refractivity contribution in [1.82, 2.24) is 0 Å². The summed E-state index contributed by atoms with van der Waals surface area (Å²) in [4.78, 5) is 36.6. The van der Waals surface area contributed by atoms with E-state index in [0.717, 1.165) is 32.1 Å². The third-order valence-corrected chi connectivity index (χ3v) is 16.6. The lowest BCUT2D eigenvalue weighted by Crippen LogP contribution is -2.66. The minimum Gasteiger partial charge on any atom is -0.481 e. The lowest BCUT2D eigenvalue weighted by molar-refractivity contribution is -0.368. The molecule has 5 aliphatic carbocycles. The van der Waals surface area contributed by atoms with Gasteiger partial charge < -0.3 is 59.8 Å². The third kappa shape index (κ3) is 6.44. The number of carbonyl (C=O) groups is 3. The molecule has 0 spiro atoms. The predicted octanol–water partition coefficient (Wildman–Crippen LogP) is 2.99. The summed E-state index contributed by atoms with van der Waals surface area (Å²) in [5.41, 5.74) is 0.607. The van der Waals surface area contributed by atoms with E-state index in [2.05, 4.69) is 53.7 Å². The molecule has 3 saturated carbocycles. The second-order valence-electron chi connectivity index (χ2n) is 20.4. The van der Waals surface area contributed by atoms with Crippen molar-refractivity contribution < 1.29 is 74.2 Å². The summed E-state index contributed by atoms with van der Waals surface area (Å²) in [7, 11) is 0. The van der Waals surface area contributed by atoms with Crippen LogP contribution in [0.15, 0.2) is 23.3 Å². The molecule has 0 radical (unpaired) electrons. The lowest BCUT2D eigenvalue weighted by atomic mass is 9.35. The van der Waals surface area contributed by atoms with Gasteiger partial charge in [0.25, 0.3) is 0 Å². The highest BCUT2D eigenvalue weighted by Gasteiger charge is 2.67. The summed E-state index contributed by atoms with van der Waals surface area (Å²) < 4.78 is 23.6. The van der Waals surface area contributed by atoms with Crippen molar-refractivity contribution in [3.63, 3.8) is 0 Å². The van der Waals surface area contributed by atoms with Gasteiger partial charge >= 0.3 is 17.9 Å². The van der Waals surface area contributed by atoms with E-state index in [-0.39, 0.29) is 38.9 Å². The Kier molecular flexibility index (Phi) is 10.5. The van der Waals surface area contributed by atoms with Crippen LogP contribution in [0.1, 0.15) is 106 Å². The van der Waals surface area contributed by atoms with Crippen LogP contribution in [-0.2, 0) is 33.3 Å². The molecule has 2 heterocycles. The van der Waals surface area contributed by atoms with Gasteiger partial charge in [-0.25, -0.2) is 9.59 Å². The summed E-state index contributed by atoms with van der Waals surface area (Å²) in [5, 5.41) is 83.3. The second-order valence-corrected chi connectivity index (χ2v) is 20.4. The van der Waals surface area contributed by atoms with Crippen molar-refractivity contribution in [2.75, 3.05) is 0 Å². The molecule has 18 atom stereocenters. The van der Waals surface area contributed by atoms with Gasteiger partial charge in [-0.3, -0.25) is 4.79 Å². The van der Waals surface area contributed by atoms with Crippen molar-refractivity contribution in [2.45, 2.75) is 174 Å². The van der Waals surface area contributed by atoms with Crippen molar-refractivity contribution in [1.29, 1.82) is 0 Å². The Bertz CT molecular complexity index is 1710. The highest BCUT2D eigenvalue weighted by molar-refractivity contribution is 5.75. The van der Waals surface area contributed by atoms with Crippen LogP contribution in [0.5, 0.6) is 0 Å². The Morgan fingerprint density at radius 3 is 1.91 bits per heavy atom. The molecule has 320 valence electrons. The van der Waals surface area contributed by atoms with E-state index >= 15 is 0 Å². The van der Waals surface area contributed by atoms with E-state index in [4.69, 9.17) is 18.9 Å². The van der Waals surface area contributed by atoms with Crippen molar-refractivity contribution >= 4 is 17.9 Å². The molecule has 15 heteroatoms. The molecule has 2 aliphatic heterocycles. The fourth-order valence-electron chi connectivity index (χ4n) is 13.0. The SMILES string of the molecule is CC1(C)C[C@@H](O[C@@H]2O[C@H](C(=O)O)[C@@H](O)[C@@H](O)[C@H]2O[C@@H]2O[C@H](C(=O)O)[C@@H](O)[C@@H](O)[C@H]2O)C[C@@]2(C)C1CC[C@]1(C)C2C=CC2=C3C[C@@](C)(C(=O)O)CC[C@]3(C)CCC21C. The Morgan fingerprint density at radius 1 is 0.702 bits per heavy atom. The summed E-state index contributed by atoms with van der Waals surface area (Å²) in [6.07, 6.45) is -8.28. The topological polar surface area (TPSA) is 250 Å². The van der Waals surface area contributed by atoms with Crippen LogP contribution in [-0.4, -0.2) is 126 Å². The van der Waals surface area contributed by atoms with Crippen LogP contribution in [0.3, 0.4) is 0 Å². The molecule has 0 aromatic carbocycles. The number of carboxylic acid groups (broad SMARTS) is 3. The fraction of sp³-hybridized carbons (Fsp3) is 0.833. The van der Waals surface area contributed by atoms with Gasteiger partial charge in [0.15, 0.2) is 24.8 Å². The quantitative estimate of drug-likeness (QED) is 0.172. The molecule has 0 amide bonds. The first-order valence-corrected chi connectivity index (χ1v) is 20.5. The van der Waals surface area contributed by atoms with Gasteiger partial charge in [0.2, 0.25) is 0 Å². The number of hydrogen-bond donors (Lipinski definition) is 8. The molecule has 5 fully saturated rings. The first kappa shape index (κ1) is 42.6. The lowest BCUT2D eigenvalue weighted by Gasteiger charge is -2.69. The molecule has 3 unspecified atom stereocenters. The van der Waals surface area contributed by atoms with Crippen molar-refractivity contribution in [3.8, 4) is 0 Å². The zero-order valence-corrected chi connectivity index (χ0v) is 34.0. The van der Waals surface area contributed by atoms with E-state index in [9.17, 15) is 55.2 Å². The highest BCUT2D eigenvalue weighted by Crippen LogP contribution is 2.74. The molecule has 7 rings (SSSR count). The van der Waals surface area contributed by atoms with Gasteiger partial charge in [0.1, 0.15) is 36.6 Å². The molecule has 2 saturated heterocycles. The standard InChI is InChI=1S/C42H62O15/c1-37(2)16-19(54-35-31(27(46)26(45)30(56-35)33(50)51)57-34-28(47)24(43)25(44)29(55-34)32(48)49)17-40(5)22(37)10-11-42(7)23(40)9-8-20-21-18-39(4,36(52)53)13-12-38(21,3)14-15-41(20,42)6/h8-9,19,22-31,34-35,43-47H,10-18H2,1-7H3,(H,48,49)(H,50,51)(H,52,53)/t19-,22?,23?,24-,25+,26+,27-,28-,29+,30+,31-,34+,35-,38-,39+,40+,41?,42-/m1/s1. The maximum atomic E-state index is 12.5. The monoisotopic (exact) mass is 806 g/mol. The number of allylic oxidation sites excluding steroid dienone is 4. The number of rotatable bonds is 7. The highest BCUT2D eigenvalue weighted by atomic mass is 16.8. The summed E-state index contributed by atoms with van der Waals surface area (Å²) >= 11 is 0. The summed E-state index contributed by atoms with van der Waals surface area (Å²) in [6.45, 7) is 15.6. The molecule has 7 aliphatic rings. The van der Waals surface area contributed by atoms with Crippen LogP contribution in [0.2, 0.25) is 0 Å². The van der Waals surface area contributed by atoms with Crippen LogP contribution in [0, 0.1) is 44.3 Å². The molecular weight excluding hydrogens is 744 g/mol. The number of fused-ring (bicyclic) bond motifs is 6. The van der Waals surface area contributed by atoms with Gasteiger partial charge in [-0.1, -0.05) is 59.3 Å². The van der Waals surface area contributed by atoms with Crippen LogP contribution < -0.4 is 0 Å². The maximum absolute atomic E-state index is 12.5. The largest absolute Gasteiger partial charge is 0.481 e. The van der Waals surface area contributed by atoms with Gasteiger partial charge in [-0.05, 0) is 109 Å². The Morgan fingerprint density at radius 2 is 1.30 bits per heavy atom. The zero-order chi connectivity index (χ0) is 42.0. The van der Waals surface area contributed by atoms with Crippen molar-refractivity contribution in [3.05, 3.63) is 23.3 Å². The smallest absolute Gasteiger partial charge is 0.335 e. The molecule has 0 bridgehead atoms. The van der Waals surface area contributed by atoms with Gasteiger partial charge in [-0.15, -0.1) is 0 Å². The van der Waals surface area contributed by atoms with Crippen LogP contribution in [0.25, 0.3) is 0 Å². The average molecular weight is 807 g/mol. The first-order valence-electron chi connectivity index (χ1n) is 20.5. The van der Waals surface area contributed by atoms with E-state index in [1.165, 1.54) is 11.1 Å². The zero-order valence-electron chi connectivity index (χ0n) is 34.0. The van der Waals surface area contributed by atoms with Crippen LogP contribution in [0.4, 0.5) is 0 Å². The first-order chi connectivity index (χ1) is 26.3. The minimum absolute atomic E-state index is 0.0556. The Labute approximate surface area is 333 Å². The Hall–Kier alpha value is -2.47. The number of aliphatic hydroxyl groups is 5. The number of hydrogen-bond acceptors (Lipinski definition) is 12. The molecule has 0 aromatic heterocycles. The number of carboxylic acids is 3. The summed E-state index contributed by atoms with van der Waals surface area (Å²) in [5.74, 6) is -3.64. The summed E-state index contributed by atoms with van der Waals surface area (Å²) in [6, 6.07) is 0. The molecule has 0 aromatic rings. The molecule has 57 heavy (non-hydrogen) atoms. The normalized spacial score (nSPS) is 51.8. The number of aliphatic hydroxyl groups excluding tert-OH is 5. The number of ether oxygens (including phenoxy) is 4. The van der Waals surface area contributed by atoms with E-state index in [1.54, 1.807) is 0 Å². The fourth-order valence-corrected chi connectivity index (χ4v) is 13.0. The predicted molar refractivity (Wildman–Crippen MR) is 199 cm³/mol. The van der Waals surface area contributed by atoms with Crippen LogP contribution >= 0.6 is 0 Å². The maximum Gasteiger partial charge on any atom is 0.335 e. The van der Waals surface area contributed by atoms with Gasteiger partial charge in [0, 0.05) is 0 Å². The van der Waals surface area contributed by atoms with Crippen molar-refractivity contribution in [2.24, 2.45) is 44.3 Å². The average Bonchev–Trinajstić information content (AvgIpc) is 3.11. The molecule has 15 nitrogen and oxygen atoms in total. The Balaban J connectivity index is 1.22. The molecule has 8 N–H and O–H groups in total. The van der Waals surface area contributed by atoms with E-state index in [0.29, 0.717) is 25.7 Å². The van der Waals surface area contributed by atoms with E-state index in [1.807, 2.05) is 6.92 Å². The number of aliphatic carboxylic acids is 3. The van der Waals surface area contributed by atoms with E-state index < -0.39 is 90.8 Å². The second kappa shape index (κ2) is 14.1. The van der Waals surface area contributed by atoms with Gasteiger partial charge in [-0.2, -0.15) is 0 Å². The minimum atomic E-state index is -2.02. The molecular formula is C42H62O15.